The molecule has 3 saturated carbocycles. The van der Waals surface area contributed by atoms with Crippen LogP contribution < -0.4 is 0 Å². The second-order valence-electron chi connectivity index (χ2n) is 14.3. The van der Waals surface area contributed by atoms with E-state index in [1.54, 1.807) is 14.0 Å². The van der Waals surface area contributed by atoms with Gasteiger partial charge in [-0.2, -0.15) is 0 Å². The van der Waals surface area contributed by atoms with Gasteiger partial charge in [0.15, 0.2) is 6.29 Å². The molecule has 5 heteroatoms. The van der Waals surface area contributed by atoms with E-state index in [0.29, 0.717) is 35.7 Å². The van der Waals surface area contributed by atoms with Crippen LogP contribution in [0.15, 0.2) is 24.3 Å². The van der Waals surface area contributed by atoms with E-state index in [-0.39, 0.29) is 34.1 Å². The van der Waals surface area contributed by atoms with Gasteiger partial charge in [-0.25, -0.2) is 0 Å². The Kier molecular flexibility index (Phi) is 6.26. The standard InChI is InChI=1S/C31H50O5/c1-18(2)25(34)21(32)17-19(3)20-11-13-29(7)22-12-14-31-23(9-10-24(33)27(31,4)5)30(22,26(35-8)36-31)16-15-28(20,29)6/h12,14,19-26,32-34H,1,9-11,13,15-17H2,2-8H3/t19-,20-,21-,22+,23+,24+,25-,26-,28-,29+,30+,31-/m1/s1. The molecule has 1 aliphatic heterocycles. The minimum absolute atomic E-state index is 0.0804. The number of rotatable bonds is 6. The first-order valence-electron chi connectivity index (χ1n) is 14.3. The lowest BCUT2D eigenvalue weighted by Crippen LogP contribution is -2.65. The number of hydrogen-bond donors (Lipinski definition) is 3. The molecular weight excluding hydrogens is 452 g/mol. The number of aliphatic hydroxyl groups excluding tert-OH is 3. The first-order chi connectivity index (χ1) is 16.7. The van der Waals surface area contributed by atoms with Crippen LogP contribution in [-0.2, 0) is 9.47 Å². The van der Waals surface area contributed by atoms with Crippen LogP contribution in [0.4, 0.5) is 0 Å². The summed E-state index contributed by atoms with van der Waals surface area (Å²) < 4.78 is 13.1. The summed E-state index contributed by atoms with van der Waals surface area (Å²) in [6, 6.07) is 0. The van der Waals surface area contributed by atoms with Gasteiger partial charge in [-0.05, 0) is 86.0 Å². The molecule has 0 radical (unpaired) electrons. The highest BCUT2D eigenvalue weighted by Crippen LogP contribution is 2.78. The number of allylic oxidation sites excluding steroid dienone is 1. The highest BCUT2D eigenvalue weighted by molar-refractivity contribution is 5.34. The zero-order valence-electron chi connectivity index (χ0n) is 23.6. The minimum atomic E-state index is -0.861. The second kappa shape index (κ2) is 8.39. The van der Waals surface area contributed by atoms with E-state index < -0.39 is 17.8 Å². The molecule has 0 aromatic heterocycles. The molecule has 0 amide bonds. The monoisotopic (exact) mass is 502 g/mol. The topological polar surface area (TPSA) is 79.2 Å². The number of aliphatic hydroxyl groups is 3. The van der Waals surface area contributed by atoms with Crippen LogP contribution in [-0.4, -0.2) is 52.6 Å². The van der Waals surface area contributed by atoms with Crippen LogP contribution in [0.5, 0.6) is 0 Å². The van der Waals surface area contributed by atoms with Crippen molar-refractivity contribution in [3.8, 4) is 0 Å². The smallest absolute Gasteiger partial charge is 0.164 e. The van der Waals surface area contributed by atoms with Crippen LogP contribution >= 0.6 is 0 Å². The maximum absolute atomic E-state index is 11.0. The van der Waals surface area contributed by atoms with E-state index in [1.807, 2.05) is 0 Å². The highest BCUT2D eigenvalue weighted by Gasteiger charge is 2.78. The zero-order chi connectivity index (χ0) is 26.5. The first kappa shape index (κ1) is 26.9. The van der Waals surface area contributed by atoms with Gasteiger partial charge in [-0.15, -0.1) is 0 Å². The molecule has 5 rings (SSSR count). The van der Waals surface area contributed by atoms with Crippen molar-refractivity contribution in [1.29, 1.82) is 0 Å². The van der Waals surface area contributed by atoms with Crippen molar-refractivity contribution in [2.45, 2.75) is 117 Å². The number of hydrogen-bond acceptors (Lipinski definition) is 5. The van der Waals surface area contributed by atoms with E-state index in [4.69, 9.17) is 9.47 Å². The van der Waals surface area contributed by atoms with Gasteiger partial charge in [0, 0.05) is 23.9 Å². The van der Waals surface area contributed by atoms with Crippen LogP contribution in [0.1, 0.15) is 86.5 Å². The van der Waals surface area contributed by atoms with Crippen molar-refractivity contribution in [3.05, 3.63) is 24.3 Å². The van der Waals surface area contributed by atoms with E-state index in [9.17, 15) is 15.3 Å². The predicted molar refractivity (Wildman–Crippen MR) is 141 cm³/mol. The number of ether oxygens (including phenoxy) is 2. The quantitative estimate of drug-likeness (QED) is 0.433. The normalized spacial score (nSPS) is 51.1. The van der Waals surface area contributed by atoms with Gasteiger partial charge in [0.2, 0.25) is 0 Å². The maximum atomic E-state index is 11.0. The number of methoxy groups -OCH3 is 1. The lowest BCUT2D eigenvalue weighted by atomic mass is 9.38. The molecule has 2 bridgehead atoms. The molecule has 4 fully saturated rings. The predicted octanol–water partition coefficient (Wildman–Crippen LogP) is 5.24. The molecule has 1 heterocycles. The molecular formula is C31H50O5. The Hall–Kier alpha value is -0.720. The van der Waals surface area contributed by atoms with Crippen LogP contribution in [0.2, 0.25) is 0 Å². The molecule has 3 N–H and O–H groups in total. The average Bonchev–Trinajstić information content (AvgIpc) is 3.19. The van der Waals surface area contributed by atoms with Gasteiger partial charge < -0.3 is 24.8 Å². The Bertz CT molecular complexity index is 928. The maximum Gasteiger partial charge on any atom is 0.164 e. The third-order valence-electron chi connectivity index (χ3n) is 12.8. The summed E-state index contributed by atoms with van der Waals surface area (Å²) in [6.07, 6.45) is 9.38. The summed E-state index contributed by atoms with van der Waals surface area (Å²) in [6.45, 7) is 17.2. The minimum Gasteiger partial charge on any atom is -0.392 e. The average molecular weight is 503 g/mol. The van der Waals surface area contributed by atoms with Crippen molar-refractivity contribution in [2.75, 3.05) is 7.11 Å². The Morgan fingerprint density at radius 1 is 1.08 bits per heavy atom. The Morgan fingerprint density at radius 2 is 1.78 bits per heavy atom. The van der Waals surface area contributed by atoms with Gasteiger partial charge in [0.05, 0.1) is 12.2 Å². The van der Waals surface area contributed by atoms with Crippen molar-refractivity contribution in [1.82, 2.24) is 0 Å². The Morgan fingerprint density at radius 3 is 2.42 bits per heavy atom. The fraction of sp³-hybridized carbons (Fsp3) is 0.871. The molecule has 1 spiro atoms. The van der Waals surface area contributed by atoms with Crippen LogP contribution in [0.3, 0.4) is 0 Å². The molecule has 5 nitrogen and oxygen atoms in total. The highest BCUT2D eigenvalue weighted by atomic mass is 16.7. The van der Waals surface area contributed by atoms with Crippen LogP contribution in [0, 0.1) is 45.3 Å². The van der Waals surface area contributed by atoms with Crippen molar-refractivity contribution in [3.63, 3.8) is 0 Å². The summed E-state index contributed by atoms with van der Waals surface area (Å²) >= 11 is 0. The molecule has 4 aliphatic carbocycles. The van der Waals surface area contributed by atoms with E-state index in [0.717, 1.165) is 38.5 Å². The van der Waals surface area contributed by atoms with Gasteiger partial charge >= 0.3 is 0 Å². The largest absolute Gasteiger partial charge is 0.392 e. The lowest BCUT2D eigenvalue weighted by molar-refractivity contribution is -0.225. The molecule has 36 heavy (non-hydrogen) atoms. The summed E-state index contributed by atoms with van der Waals surface area (Å²) in [5, 5.41) is 32.1. The fourth-order valence-electron chi connectivity index (χ4n) is 10.5. The van der Waals surface area contributed by atoms with E-state index in [1.165, 1.54) is 0 Å². The first-order valence-corrected chi connectivity index (χ1v) is 14.3. The molecule has 1 saturated heterocycles. The molecule has 0 aromatic rings. The van der Waals surface area contributed by atoms with Gasteiger partial charge in [-0.1, -0.05) is 53.3 Å². The molecule has 0 unspecified atom stereocenters. The number of fused-ring (bicyclic) bond motifs is 2. The van der Waals surface area contributed by atoms with Gasteiger partial charge in [0.1, 0.15) is 11.7 Å². The lowest BCUT2D eigenvalue weighted by Gasteiger charge is -2.65. The molecule has 12 atom stereocenters. The molecule has 204 valence electrons. The fourth-order valence-corrected chi connectivity index (χ4v) is 10.5. The molecule has 5 aliphatic rings. The summed E-state index contributed by atoms with van der Waals surface area (Å²) in [7, 11) is 1.80. The Labute approximate surface area is 218 Å². The second-order valence-corrected chi connectivity index (χ2v) is 14.3. The summed E-state index contributed by atoms with van der Waals surface area (Å²) in [5.74, 6) is 1.49. The van der Waals surface area contributed by atoms with E-state index >= 15 is 0 Å². The van der Waals surface area contributed by atoms with E-state index in [2.05, 4.69) is 53.3 Å². The van der Waals surface area contributed by atoms with Gasteiger partial charge in [-0.3, -0.25) is 0 Å². The third-order valence-corrected chi connectivity index (χ3v) is 12.8. The van der Waals surface area contributed by atoms with Crippen LogP contribution in [0.25, 0.3) is 0 Å². The van der Waals surface area contributed by atoms with Gasteiger partial charge in [0.25, 0.3) is 0 Å². The third kappa shape index (κ3) is 3.07. The summed E-state index contributed by atoms with van der Waals surface area (Å²) in [5.41, 5.74) is -0.0874. The summed E-state index contributed by atoms with van der Waals surface area (Å²) in [4.78, 5) is 0. The molecule has 0 aromatic carbocycles. The van der Waals surface area contributed by atoms with Crippen molar-refractivity contribution >= 4 is 0 Å². The SMILES string of the molecule is C=C(C)[C@@H](O)[C@H](O)C[C@@H](C)[C@H]1CC[C@@]2(C)[C@@H]3C=C[C@@]45O[C@@H](OC)[C@]3(CC[C@]12C)[C@@H]4CC[C@H](O)C5(C)C. The van der Waals surface area contributed by atoms with Crippen molar-refractivity contribution in [2.24, 2.45) is 45.3 Å². The Balaban J connectivity index is 1.51. The van der Waals surface area contributed by atoms with Crippen molar-refractivity contribution < 1.29 is 24.8 Å². The zero-order valence-corrected chi connectivity index (χ0v) is 23.6.